The van der Waals surface area contributed by atoms with Gasteiger partial charge in [-0.2, -0.15) is 0 Å². The number of benzene rings is 1. The van der Waals surface area contributed by atoms with Crippen molar-refractivity contribution in [2.75, 3.05) is 43.1 Å². The molecular weight excluding hydrogens is 551 g/mol. The molecule has 0 aliphatic carbocycles. The van der Waals surface area contributed by atoms with E-state index in [1.807, 2.05) is 43.0 Å². The van der Waals surface area contributed by atoms with E-state index in [4.69, 9.17) is 37.9 Å². The number of carbonyl (C=O) groups is 2. The molecular formula is C29H32Cl2N6O3. The monoisotopic (exact) mass is 582 g/mol. The van der Waals surface area contributed by atoms with E-state index < -0.39 is 5.54 Å². The molecule has 1 fully saturated rings. The van der Waals surface area contributed by atoms with Crippen molar-refractivity contribution in [3.05, 3.63) is 69.7 Å². The number of ether oxygens (including phenoxy) is 1. The highest BCUT2D eigenvalue weighted by Crippen LogP contribution is 2.43. The molecule has 11 heteroatoms. The van der Waals surface area contributed by atoms with Crippen molar-refractivity contribution >= 4 is 52.4 Å². The second-order valence-electron chi connectivity index (χ2n) is 11.5. The summed E-state index contributed by atoms with van der Waals surface area (Å²) in [5.74, 6) is 1.06. The van der Waals surface area contributed by atoms with Crippen LogP contribution < -0.4 is 9.80 Å². The summed E-state index contributed by atoms with van der Waals surface area (Å²) in [6.07, 6.45) is 3.44. The van der Waals surface area contributed by atoms with Crippen LogP contribution in [0.5, 0.6) is 0 Å². The van der Waals surface area contributed by atoms with E-state index in [2.05, 4.69) is 28.6 Å². The number of pyridine rings is 1. The number of carbonyl (C=O) groups excluding carboxylic acids is 2. The SMILES string of the molecule is COC(=O)Cc1ccc(N2CCN(C(=O)c3cnc4c(n3)C(C)(C)CN4c3ccc(Cl)c(Cl)c3)C(C)(C)C2)nc1. The third-order valence-corrected chi connectivity index (χ3v) is 8.23. The van der Waals surface area contributed by atoms with Crippen molar-refractivity contribution in [1.29, 1.82) is 0 Å². The van der Waals surface area contributed by atoms with Gasteiger partial charge in [-0.25, -0.2) is 15.0 Å². The number of rotatable bonds is 5. The highest BCUT2D eigenvalue weighted by Gasteiger charge is 2.42. The Morgan fingerprint density at radius 1 is 0.975 bits per heavy atom. The van der Waals surface area contributed by atoms with E-state index in [-0.39, 0.29) is 23.7 Å². The normalized spacial score (nSPS) is 17.5. The minimum Gasteiger partial charge on any atom is -0.469 e. The van der Waals surface area contributed by atoms with Crippen molar-refractivity contribution in [3.63, 3.8) is 0 Å². The first-order valence-electron chi connectivity index (χ1n) is 13.1. The van der Waals surface area contributed by atoms with Gasteiger partial charge < -0.3 is 19.4 Å². The third kappa shape index (κ3) is 5.32. The summed E-state index contributed by atoms with van der Waals surface area (Å²) >= 11 is 12.4. The van der Waals surface area contributed by atoms with Gasteiger partial charge in [-0.15, -0.1) is 0 Å². The molecule has 4 heterocycles. The van der Waals surface area contributed by atoms with Crippen LogP contribution in [0.2, 0.25) is 10.0 Å². The standard InChI is InChI=1S/C29H32Cl2N6O3/c1-28(2)16-36(19-7-8-20(30)21(31)13-19)26-25(28)34-22(15-33-26)27(39)37-11-10-35(17-29(37,3)4)23-9-6-18(14-32-23)12-24(38)40-5/h6-9,13-15H,10-12,16-17H2,1-5H3. The fraction of sp³-hybridized carbons (Fsp3) is 0.414. The molecule has 1 saturated heterocycles. The minimum absolute atomic E-state index is 0.148. The van der Waals surface area contributed by atoms with Gasteiger partial charge in [-0.3, -0.25) is 9.59 Å². The van der Waals surface area contributed by atoms with E-state index >= 15 is 0 Å². The first-order valence-corrected chi connectivity index (χ1v) is 13.8. The molecule has 0 saturated carbocycles. The van der Waals surface area contributed by atoms with Crippen LogP contribution in [0, 0.1) is 0 Å². The molecule has 5 rings (SSSR count). The summed E-state index contributed by atoms with van der Waals surface area (Å²) in [5, 5.41) is 0.962. The van der Waals surface area contributed by atoms with Gasteiger partial charge in [0.2, 0.25) is 0 Å². The second kappa shape index (κ2) is 10.5. The third-order valence-electron chi connectivity index (χ3n) is 7.49. The zero-order valence-electron chi connectivity index (χ0n) is 23.2. The Labute approximate surface area is 244 Å². The highest BCUT2D eigenvalue weighted by atomic mass is 35.5. The molecule has 3 aromatic rings. The molecule has 1 amide bonds. The molecule has 2 aliphatic rings. The van der Waals surface area contributed by atoms with Crippen molar-refractivity contribution < 1.29 is 14.3 Å². The smallest absolute Gasteiger partial charge is 0.310 e. The zero-order chi connectivity index (χ0) is 28.8. The zero-order valence-corrected chi connectivity index (χ0v) is 24.8. The fourth-order valence-corrected chi connectivity index (χ4v) is 5.65. The van der Waals surface area contributed by atoms with Gasteiger partial charge >= 0.3 is 5.97 Å². The molecule has 0 spiro atoms. The van der Waals surface area contributed by atoms with E-state index in [1.54, 1.807) is 18.5 Å². The fourth-order valence-electron chi connectivity index (χ4n) is 5.36. The van der Waals surface area contributed by atoms with Gasteiger partial charge in [0.15, 0.2) is 5.82 Å². The van der Waals surface area contributed by atoms with E-state index in [9.17, 15) is 9.59 Å². The van der Waals surface area contributed by atoms with Gasteiger partial charge in [0.05, 0.1) is 41.0 Å². The Bertz CT molecular complexity index is 1460. The van der Waals surface area contributed by atoms with Crippen molar-refractivity contribution in [1.82, 2.24) is 19.9 Å². The van der Waals surface area contributed by atoms with Crippen LogP contribution in [-0.4, -0.2) is 70.6 Å². The Hall–Kier alpha value is -3.43. The molecule has 1 aromatic carbocycles. The molecule has 2 aliphatic heterocycles. The molecule has 0 N–H and O–H groups in total. The Morgan fingerprint density at radius 3 is 2.40 bits per heavy atom. The molecule has 0 radical (unpaired) electrons. The number of methoxy groups -OCH3 is 1. The predicted octanol–water partition coefficient (Wildman–Crippen LogP) is 5.06. The lowest BCUT2D eigenvalue weighted by Crippen LogP contribution is -2.61. The second-order valence-corrected chi connectivity index (χ2v) is 12.3. The number of nitrogens with zero attached hydrogens (tertiary/aromatic N) is 6. The van der Waals surface area contributed by atoms with E-state index in [1.165, 1.54) is 7.11 Å². The Balaban J connectivity index is 1.34. The summed E-state index contributed by atoms with van der Waals surface area (Å²) in [5.41, 5.74) is 1.96. The van der Waals surface area contributed by atoms with Gasteiger partial charge in [0.25, 0.3) is 5.91 Å². The predicted molar refractivity (Wildman–Crippen MR) is 156 cm³/mol. The maximum atomic E-state index is 13.8. The number of fused-ring (bicyclic) bond motifs is 1. The number of halogens is 2. The lowest BCUT2D eigenvalue weighted by Gasteiger charge is -2.47. The maximum absolute atomic E-state index is 13.8. The average Bonchev–Trinajstić information content (AvgIpc) is 3.19. The topological polar surface area (TPSA) is 91.8 Å². The first kappa shape index (κ1) is 28.1. The number of hydrogen-bond acceptors (Lipinski definition) is 8. The van der Waals surface area contributed by atoms with Crippen LogP contribution in [0.3, 0.4) is 0 Å². The minimum atomic E-state index is -0.482. The lowest BCUT2D eigenvalue weighted by molar-refractivity contribution is -0.139. The summed E-state index contributed by atoms with van der Waals surface area (Å²) in [7, 11) is 1.37. The average molecular weight is 584 g/mol. The molecule has 0 bridgehead atoms. The summed E-state index contributed by atoms with van der Waals surface area (Å²) in [4.78, 5) is 45.5. The number of piperazine rings is 1. The van der Waals surface area contributed by atoms with Crippen LogP contribution in [0.15, 0.2) is 42.7 Å². The quantitative estimate of drug-likeness (QED) is 0.385. The van der Waals surface area contributed by atoms with Crippen LogP contribution in [-0.2, 0) is 21.4 Å². The van der Waals surface area contributed by atoms with Crippen molar-refractivity contribution in [3.8, 4) is 0 Å². The number of esters is 1. The number of aromatic nitrogens is 3. The Morgan fingerprint density at radius 2 is 1.75 bits per heavy atom. The number of anilines is 3. The van der Waals surface area contributed by atoms with Gasteiger partial charge in [-0.1, -0.05) is 43.1 Å². The molecule has 0 atom stereocenters. The highest BCUT2D eigenvalue weighted by molar-refractivity contribution is 6.42. The molecule has 40 heavy (non-hydrogen) atoms. The lowest BCUT2D eigenvalue weighted by atomic mass is 9.92. The molecule has 0 unspecified atom stereocenters. The summed E-state index contributed by atoms with van der Waals surface area (Å²) in [6, 6.07) is 9.28. The molecule has 210 valence electrons. The Kier molecular flexibility index (Phi) is 7.39. The van der Waals surface area contributed by atoms with Gasteiger partial charge in [-0.05, 0) is 43.7 Å². The number of hydrogen-bond donors (Lipinski definition) is 0. The largest absolute Gasteiger partial charge is 0.469 e. The summed E-state index contributed by atoms with van der Waals surface area (Å²) < 4.78 is 4.73. The maximum Gasteiger partial charge on any atom is 0.310 e. The molecule has 9 nitrogen and oxygen atoms in total. The number of amides is 1. The van der Waals surface area contributed by atoms with Crippen molar-refractivity contribution in [2.45, 2.75) is 45.1 Å². The van der Waals surface area contributed by atoms with E-state index in [0.717, 1.165) is 22.8 Å². The van der Waals surface area contributed by atoms with Crippen LogP contribution >= 0.6 is 23.2 Å². The molecule has 2 aromatic heterocycles. The van der Waals surface area contributed by atoms with Crippen molar-refractivity contribution in [2.24, 2.45) is 0 Å². The van der Waals surface area contributed by atoms with Crippen LogP contribution in [0.4, 0.5) is 17.3 Å². The van der Waals surface area contributed by atoms with E-state index in [0.29, 0.717) is 47.7 Å². The van der Waals surface area contributed by atoms with Crippen LogP contribution in [0.1, 0.15) is 49.4 Å². The van der Waals surface area contributed by atoms with Gasteiger partial charge in [0, 0.05) is 43.5 Å². The summed E-state index contributed by atoms with van der Waals surface area (Å²) in [6.45, 7) is 10.6. The van der Waals surface area contributed by atoms with Gasteiger partial charge in [0.1, 0.15) is 11.5 Å². The first-order chi connectivity index (χ1) is 18.9. The van der Waals surface area contributed by atoms with Crippen LogP contribution in [0.25, 0.3) is 0 Å².